The third-order valence-electron chi connectivity index (χ3n) is 5.44. The van der Waals surface area contributed by atoms with E-state index in [-0.39, 0.29) is 35.8 Å². The summed E-state index contributed by atoms with van der Waals surface area (Å²) >= 11 is 6.09. The number of carbonyl (C=O) groups is 1. The number of hydrogen-bond acceptors (Lipinski definition) is 4. The van der Waals surface area contributed by atoms with Gasteiger partial charge >= 0.3 is 0 Å². The van der Waals surface area contributed by atoms with Crippen LogP contribution in [0.5, 0.6) is 5.75 Å². The fourth-order valence-electron chi connectivity index (χ4n) is 3.85. The van der Waals surface area contributed by atoms with Crippen LogP contribution in [0.15, 0.2) is 23.2 Å². The lowest BCUT2D eigenvalue weighted by molar-refractivity contribution is -0.140. The predicted octanol–water partition coefficient (Wildman–Crippen LogP) is 3.00. The first-order valence-electron chi connectivity index (χ1n) is 10.4. The summed E-state index contributed by atoms with van der Waals surface area (Å²) in [6.07, 6.45) is 1.70. The van der Waals surface area contributed by atoms with Crippen molar-refractivity contribution >= 4 is 47.4 Å². The van der Waals surface area contributed by atoms with Gasteiger partial charge < -0.3 is 24.6 Å². The van der Waals surface area contributed by atoms with Crippen molar-refractivity contribution in [3.8, 4) is 5.75 Å². The Morgan fingerprint density at radius 2 is 1.93 bits per heavy atom. The number of rotatable bonds is 5. The van der Waals surface area contributed by atoms with Gasteiger partial charge in [0.15, 0.2) is 5.96 Å². The number of benzene rings is 1. The normalized spacial score (nSPS) is 18.0. The molecular formula is C21H32ClIN4O3. The standard InChI is InChI=1S/C21H31ClN4O3.HI/c1-3-29-19-14-18(22)5-4-17(19)15-24-21(23-2)26-8-6-16(7-9-26)20(27)25-10-12-28-13-11-25;/h4-5,14,16H,3,6-13,15H2,1-2H3,(H,23,24);1H. The second-order valence-corrected chi connectivity index (χ2v) is 7.72. The van der Waals surface area contributed by atoms with Crippen LogP contribution in [0.2, 0.25) is 5.02 Å². The van der Waals surface area contributed by atoms with Crippen molar-refractivity contribution in [1.29, 1.82) is 0 Å². The smallest absolute Gasteiger partial charge is 0.225 e. The monoisotopic (exact) mass is 550 g/mol. The summed E-state index contributed by atoms with van der Waals surface area (Å²) in [4.78, 5) is 21.3. The van der Waals surface area contributed by atoms with Crippen LogP contribution >= 0.6 is 35.6 Å². The Balaban J connectivity index is 0.00000320. The van der Waals surface area contributed by atoms with E-state index < -0.39 is 0 Å². The number of halogens is 2. The van der Waals surface area contributed by atoms with E-state index in [9.17, 15) is 4.79 Å². The van der Waals surface area contributed by atoms with Gasteiger partial charge in [-0.05, 0) is 31.9 Å². The van der Waals surface area contributed by atoms with Crippen LogP contribution in [0.3, 0.4) is 0 Å². The van der Waals surface area contributed by atoms with Gasteiger partial charge in [-0.1, -0.05) is 17.7 Å². The van der Waals surface area contributed by atoms with Crippen LogP contribution in [-0.4, -0.2) is 74.7 Å². The molecule has 1 N–H and O–H groups in total. The molecule has 0 spiro atoms. The minimum atomic E-state index is 0. The minimum absolute atomic E-state index is 0. The van der Waals surface area contributed by atoms with Crippen molar-refractivity contribution in [2.24, 2.45) is 10.9 Å². The molecule has 0 saturated carbocycles. The van der Waals surface area contributed by atoms with Gasteiger partial charge in [0.25, 0.3) is 0 Å². The molecule has 3 rings (SSSR count). The molecule has 7 nitrogen and oxygen atoms in total. The highest BCUT2D eigenvalue weighted by Gasteiger charge is 2.30. The molecule has 0 atom stereocenters. The third-order valence-corrected chi connectivity index (χ3v) is 5.68. The minimum Gasteiger partial charge on any atom is -0.493 e. The zero-order chi connectivity index (χ0) is 20.6. The maximum Gasteiger partial charge on any atom is 0.225 e. The summed E-state index contributed by atoms with van der Waals surface area (Å²) in [5.41, 5.74) is 1.04. The molecule has 1 aromatic rings. The molecule has 0 unspecified atom stereocenters. The maximum absolute atomic E-state index is 12.7. The molecule has 0 aromatic heterocycles. The molecule has 0 bridgehead atoms. The summed E-state index contributed by atoms with van der Waals surface area (Å²) in [6, 6.07) is 5.68. The second kappa shape index (κ2) is 12.6. The number of likely N-dealkylation sites (tertiary alicyclic amines) is 1. The lowest BCUT2D eigenvalue weighted by Gasteiger charge is -2.36. The summed E-state index contributed by atoms with van der Waals surface area (Å²) in [7, 11) is 1.79. The van der Waals surface area contributed by atoms with E-state index in [1.54, 1.807) is 7.05 Å². The lowest BCUT2D eigenvalue weighted by Crippen LogP contribution is -2.49. The zero-order valence-electron chi connectivity index (χ0n) is 17.7. The van der Waals surface area contributed by atoms with Gasteiger partial charge in [0.1, 0.15) is 5.75 Å². The topological polar surface area (TPSA) is 66.4 Å². The lowest BCUT2D eigenvalue weighted by atomic mass is 9.95. The Morgan fingerprint density at radius 1 is 1.23 bits per heavy atom. The Bertz CT molecular complexity index is 720. The second-order valence-electron chi connectivity index (χ2n) is 7.28. The largest absolute Gasteiger partial charge is 0.493 e. The molecule has 2 fully saturated rings. The molecule has 168 valence electrons. The van der Waals surface area contributed by atoms with Gasteiger partial charge in [-0.2, -0.15) is 0 Å². The first-order valence-corrected chi connectivity index (χ1v) is 10.7. The molecule has 2 heterocycles. The average molecular weight is 551 g/mol. The van der Waals surface area contributed by atoms with E-state index in [2.05, 4.69) is 15.2 Å². The van der Waals surface area contributed by atoms with Crippen LogP contribution < -0.4 is 10.1 Å². The van der Waals surface area contributed by atoms with Gasteiger partial charge in [0.2, 0.25) is 5.91 Å². The first kappa shape index (κ1) is 25.0. The molecular weight excluding hydrogens is 519 g/mol. The van der Waals surface area contributed by atoms with Crippen molar-refractivity contribution in [2.45, 2.75) is 26.3 Å². The molecule has 1 amide bonds. The van der Waals surface area contributed by atoms with Crippen LogP contribution in [0.1, 0.15) is 25.3 Å². The van der Waals surface area contributed by atoms with Gasteiger partial charge in [-0.25, -0.2) is 0 Å². The molecule has 2 aliphatic heterocycles. The van der Waals surface area contributed by atoms with E-state index in [0.717, 1.165) is 43.2 Å². The Morgan fingerprint density at radius 3 is 2.57 bits per heavy atom. The number of aliphatic imine (C=N–C) groups is 1. The number of hydrogen-bond donors (Lipinski definition) is 1. The quantitative estimate of drug-likeness (QED) is 0.347. The van der Waals surface area contributed by atoms with E-state index in [0.29, 0.717) is 44.5 Å². The maximum atomic E-state index is 12.7. The van der Waals surface area contributed by atoms with Crippen molar-refractivity contribution in [1.82, 2.24) is 15.1 Å². The number of piperidine rings is 1. The molecule has 0 aliphatic carbocycles. The zero-order valence-corrected chi connectivity index (χ0v) is 20.8. The van der Waals surface area contributed by atoms with E-state index in [1.807, 2.05) is 30.0 Å². The number of amides is 1. The van der Waals surface area contributed by atoms with Crippen molar-refractivity contribution in [2.75, 3.05) is 53.0 Å². The fraction of sp³-hybridized carbons (Fsp3) is 0.619. The first-order chi connectivity index (χ1) is 14.1. The van der Waals surface area contributed by atoms with Crippen LogP contribution in [0.25, 0.3) is 0 Å². The van der Waals surface area contributed by atoms with E-state index in [4.69, 9.17) is 21.1 Å². The number of carbonyl (C=O) groups excluding carboxylic acids is 1. The molecule has 1 aromatic carbocycles. The van der Waals surface area contributed by atoms with Gasteiger partial charge in [-0.15, -0.1) is 24.0 Å². The summed E-state index contributed by atoms with van der Waals surface area (Å²) in [5, 5.41) is 4.08. The summed E-state index contributed by atoms with van der Waals surface area (Å²) < 4.78 is 11.0. The van der Waals surface area contributed by atoms with Gasteiger partial charge in [-0.3, -0.25) is 9.79 Å². The molecule has 9 heteroatoms. The number of ether oxygens (including phenoxy) is 2. The molecule has 0 radical (unpaired) electrons. The Labute approximate surface area is 201 Å². The molecule has 2 saturated heterocycles. The van der Waals surface area contributed by atoms with Crippen molar-refractivity contribution in [3.63, 3.8) is 0 Å². The van der Waals surface area contributed by atoms with E-state index >= 15 is 0 Å². The highest BCUT2D eigenvalue weighted by molar-refractivity contribution is 14.0. The SMILES string of the molecule is CCOc1cc(Cl)ccc1CNC(=NC)N1CCC(C(=O)N2CCOCC2)CC1.I. The van der Waals surface area contributed by atoms with Crippen molar-refractivity contribution < 1.29 is 14.3 Å². The number of nitrogens with one attached hydrogen (secondary N) is 1. The Hall–Kier alpha value is -1.26. The predicted molar refractivity (Wildman–Crippen MR) is 130 cm³/mol. The van der Waals surface area contributed by atoms with Gasteiger partial charge in [0.05, 0.1) is 19.8 Å². The third kappa shape index (κ3) is 6.62. The summed E-state index contributed by atoms with van der Waals surface area (Å²) in [6.45, 7) is 7.51. The van der Waals surface area contributed by atoms with Crippen molar-refractivity contribution in [3.05, 3.63) is 28.8 Å². The number of nitrogens with zero attached hydrogens (tertiary/aromatic N) is 3. The molecule has 2 aliphatic rings. The average Bonchev–Trinajstić information content (AvgIpc) is 2.76. The van der Waals surface area contributed by atoms with E-state index in [1.165, 1.54) is 0 Å². The highest BCUT2D eigenvalue weighted by Crippen LogP contribution is 2.24. The number of morpholine rings is 1. The summed E-state index contributed by atoms with van der Waals surface area (Å²) in [5.74, 6) is 2.01. The van der Waals surface area contributed by atoms with Crippen LogP contribution in [0, 0.1) is 5.92 Å². The van der Waals surface area contributed by atoms with Gasteiger partial charge in [0, 0.05) is 56.3 Å². The highest BCUT2D eigenvalue weighted by atomic mass is 127. The fourth-order valence-corrected chi connectivity index (χ4v) is 4.01. The van der Waals surface area contributed by atoms with Crippen LogP contribution in [0.4, 0.5) is 0 Å². The number of guanidine groups is 1. The Kier molecular flexibility index (Phi) is 10.5. The van der Waals surface area contributed by atoms with Crippen LogP contribution in [-0.2, 0) is 16.1 Å². The molecule has 30 heavy (non-hydrogen) atoms.